The van der Waals surface area contributed by atoms with Gasteiger partial charge in [0.15, 0.2) is 0 Å². The Morgan fingerprint density at radius 3 is 2.39 bits per heavy atom. The van der Waals surface area contributed by atoms with Crippen LogP contribution in [0.5, 0.6) is 0 Å². The minimum atomic E-state index is -5.08. The van der Waals surface area contributed by atoms with Crippen LogP contribution in [0.4, 0.5) is 17.6 Å². The first kappa shape index (κ1) is 24.7. The lowest BCUT2D eigenvalue weighted by molar-refractivity contribution is -0.192. The molecule has 4 rings (SSSR count). The molecule has 33 heavy (non-hydrogen) atoms. The molecule has 2 saturated heterocycles. The number of hydrogen-bond acceptors (Lipinski definition) is 5. The van der Waals surface area contributed by atoms with Crippen molar-refractivity contribution in [1.29, 1.82) is 0 Å². The zero-order valence-electron chi connectivity index (χ0n) is 17.8. The first-order valence-corrected chi connectivity index (χ1v) is 10.2. The highest BCUT2D eigenvalue weighted by molar-refractivity contribution is 5.94. The second kappa shape index (κ2) is 10.3. The molecular weight excluding hydrogens is 448 g/mol. The minimum Gasteiger partial charge on any atom is -0.475 e. The molecule has 0 unspecified atom stereocenters. The fraction of sp³-hybridized carbons (Fsp3) is 0.455. The number of furan rings is 1. The standard InChI is InChI=1S/C20H23FN2O3.C2HF3O2/c1-25-19-8-9-23(20(24)14-4-6-15(21)7-5-14)18-13-22(12-17(18)19)11-16-3-2-10-26-16;3-2(4,5)1(6)7/h2-7,10,17-19H,8-9,11-13H2,1H3;(H,6,7)/t17-,18+,19-;/m0./s1. The summed E-state index contributed by atoms with van der Waals surface area (Å²) in [7, 11) is 1.74. The number of aliphatic carboxylic acids is 1. The zero-order valence-corrected chi connectivity index (χ0v) is 17.8. The van der Waals surface area contributed by atoms with Crippen molar-refractivity contribution in [3.05, 3.63) is 59.8 Å². The number of methoxy groups -OCH3 is 1. The maximum Gasteiger partial charge on any atom is 0.490 e. The summed E-state index contributed by atoms with van der Waals surface area (Å²) in [6.07, 6.45) is -2.43. The number of halogens is 4. The first-order valence-electron chi connectivity index (χ1n) is 10.2. The van der Waals surface area contributed by atoms with E-state index in [1.807, 2.05) is 17.0 Å². The SMILES string of the molecule is CO[C@H]1CCN(C(=O)c2ccc(F)cc2)[C@@H]2CN(Cc3ccco3)C[C@H]12.O=C(O)C(F)(F)F. The van der Waals surface area contributed by atoms with Crippen LogP contribution in [0.3, 0.4) is 0 Å². The van der Waals surface area contributed by atoms with Gasteiger partial charge in [-0.2, -0.15) is 13.2 Å². The van der Waals surface area contributed by atoms with Crippen molar-refractivity contribution < 1.29 is 41.4 Å². The van der Waals surface area contributed by atoms with Crippen molar-refractivity contribution in [3.8, 4) is 0 Å². The maximum atomic E-state index is 13.2. The lowest BCUT2D eigenvalue weighted by Gasteiger charge is -2.41. The van der Waals surface area contributed by atoms with Crippen LogP contribution in [0.1, 0.15) is 22.5 Å². The molecule has 2 fully saturated rings. The van der Waals surface area contributed by atoms with E-state index < -0.39 is 12.1 Å². The van der Waals surface area contributed by atoms with Crippen LogP contribution in [0.15, 0.2) is 47.1 Å². The number of ether oxygens (including phenoxy) is 1. The number of carboxylic acid groups (broad SMARTS) is 1. The molecule has 3 heterocycles. The average molecular weight is 472 g/mol. The van der Waals surface area contributed by atoms with Gasteiger partial charge in [-0.3, -0.25) is 9.69 Å². The van der Waals surface area contributed by atoms with Crippen LogP contribution in [0.2, 0.25) is 0 Å². The second-order valence-electron chi connectivity index (χ2n) is 7.88. The van der Waals surface area contributed by atoms with E-state index in [9.17, 15) is 22.4 Å². The van der Waals surface area contributed by atoms with Gasteiger partial charge in [0.2, 0.25) is 0 Å². The van der Waals surface area contributed by atoms with E-state index in [1.54, 1.807) is 25.5 Å². The third-order valence-corrected chi connectivity index (χ3v) is 5.80. The van der Waals surface area contributed by atoms with Gasteiger partial charge in [0.25, 0.3) is 5.91 Å². The third-order valence-electron chi connectivity index (χ3n) is 5.80. The number of amides is 1. The van der Waals surface area contributed by atoms with Crippen LogP contribution in [-0.2, 0) is 16.1 Å². The van der Waals surface area contributed by atoms with Gasteiger partial charge in [0.1, 0.15) is 11.6 Å². The molecule has 11 heteroatoms. The molecule has 1 amide bonds. The second-order valence-corrected chi connectivity index (χ2v) is 7.88. The molecule has 0 bridgehead atoms. The largest absolute Gasteiger partial charge is 0.490 e. The van der Waals surface area contributed by atoms with Crippen LogP contribution in [0.25, 0.3) is 0 Å². The number of hydrogen-bond donors (Lipinski definition) is 1. The molecule has 0 aliphatic carbocycles. The summed E-state index contributed by atoms with van der Waals surface area (Å²) in [6, 6.07) is 9.75. The molecule has 3 atom stereocenters. The Balaban J connectivity index is 0.000000383. The molecule has 0 saturated carbocycles. The fourth-order valence-corrected chi connectivity index (χ4v) is 4.29. The molecule has 1 aromatic carbocycles. The predicted octanol–water partition coefficient (Wildman–Crippen LogP) is 3.41. The number of fused-ring (bicyclic) bond motifs is 1. The first-order chi connectivity index (χ1) is 15.6. The van der Waals surface area contributed by atoms with Crippen LogP contribution < -0.4 is 0 Å². The number of carbonyl (C=O) groups excluding carboxylic acids is 1. The van der Waals surface area contributed by atoms with E-state index in [4.69, 9.17) is 19.1 Å². The predicted molar refractivity (Wildman–Crippen MR) is 108 cm³/mol. The van der Waals surface area contributed by atoms with Crippen molar-refractivity contribution in [2.45, 2.75) is 31.3 Å². The van der Waals surface area contributed by atoms with Gasteiger partial charge < -0.3 is 19.2 Å². The summed E-state index contributed by atoms with van der Waals surface area (Å²) < 4.78 is 56.1. The van der Waals surface area contributed by atoms with Crippen LogP contribution in [0, 0.1) is 11.7 Å². The molecule has 1 N–H and O–H groups in total. The van der Waals surface area contributed by atoms with E-state index >= 15 is 0 Å². The van der Waals surface area contributed by atoms with Gasteiger partial charge in [-0.25, -0.2) is 9.18 Å². The Morgan fingerprint density at radius 1 is 1.18 bits per heavy atom. The lowest BCUT2D eigenvalue weighted by Crippen LogP contribution is -2.53. The Morgan fingerprint density at radius 2 is 1.85 bits per heavy atom. The highest BCUT2D eigenvalue weighted by atomic mass is 19.4. The topological polar surface area (TPSA) is 83.2 Å². The van der Waals surface area contributed by atoms with E-state index in [-0.39, 0.29) is 29.8 Å². The summed E-state index contributed by atoms with van der Waals surface area (Å²) in [6.45, 7) is 3.05. The molecule has 7 nitrogen and oxygen atoms in total. The number of alkyl halides is 3. The highest BCUT2D eigenvalue weighted by Gasteiger charge is 2.46. The molecule has 0 radical (unpaired) electrons. The van der Waals surface area contributed by atoms with Gasteiger partial charge in [-0.1, -0.05) is 0 Å². The summed E-state index contributed by atoms with van der Waals surface area (Å²) >= 11 is 0. The average Bonchev–Trinajstić information content (AvgIpc) is 3.43. The van der Waals surface area contributed by atoms with Crippen molar-refractivity contribution in [1.82, 2.24) is 9.80 Å². The lowest BCUT2D eigenvalue weighted by atomic mass is 9.88. The van der Waals surface area contributed by atoms with Gasteiger partial charge in [-0.15, -0.1) is 0 Å². The summed E-state index contributed by atoms with van der Waals surface area (Å²) in [4.78, 5) is 26.1. The Hall–Kier alpha value is -2.92. The number of likely N-dealkylation sites (tertiary alicyclic amines) is 2. The van der Waals surface area contributed by atoms with Gasteiger partial charge in [0.05, 0.1) is 25.0 Å². The van der Waals surface area contributed by atoms with E-state index in [0.717, 1.165) is 31.8 Å². The quantitative estimate of drug-likeness (QED) is 0.687. The van der Waals surface area contributed by atoms with Gasteiger partial charge in [-0.05, 0) is 42.8 Å². The van der Waals surface area contributed by atoms with E-state index in [0.29, 0.717) is 12.1 Å². The molecule has 2 aliphatic rings. The van der Waals surface area contributed by atoms with Crippen LogP contribution >= 0.6 is 0 Å². The number of carboxylic acids is 1. The molecule has 2 aromatic rings. The summed E-state index contributed by atoms with van der Waals surface area (Å²) in [5, 5.41) is 7.12. The number of carbonyl (C=O) groups is 2. The van der Waals surface area contributed by atoms with Crippen molar-refractivity contribution >= 4 is 11.9 Å². The molecule has 0 spiro atoms. The third kappa shape index (κ3) is 6.11. The summed E-state index contributed by atoms with van der Waals surface area (Å²) in [5.74, 6) is -1.92. The number of piperidine rings is 1. The van der Waals surface area contributed by atoms with Gasteiger partial charge >= 0.3 is 12.1 Å². The molecular formula is C22H24F4N2O5. The summed E-state index contributed by atoms with van der Waals surface area (Å²) in [5.41, 5.74) is 0.533. The fourth-order valence-electron chi connectivity index (χ4n) is 4.29. The molecule has 2 aliphatic heterocycles. The Bertz CT molecular complexity index is 933. The molecule has 1 aromatic heterocycles. The maximum absolute atomic E-state index is 13.2. The number of rotatable bonds is 4. The number of nitrogens with zero attached hydrogens (tertiary/aromatic N) is 2. The minimum absolute atomic E-state index is 0.0330. The Kier molecular flexibility index (Phi) is 7.75. The Labute approximate surface area is 187 Å². The van der Waals surface area contributed by atoms with Crippen LogP contribution in [-0.4, -0.2) is 71.8 Å². The smallest absolute Gasteiger partial charge is 0.475 e. The molecule has 180 valence electrons. The van der Waals surface area contributed by atoms with Crippen molar-refractivity contribution in [2.24, 2.45) is 5.92 Å². The zero-order chi connectivity index (χ0) is 24.2. The van der Waals surface area contributed by atoms with Gasteiger partial charge in [0, 0.05) is 38.2 Å². The normalized spacial score (nSPS) is 22.9. The van der Waals surface area contributed by atoms with Crippen molar-refractivity contribution in [3.63, 3.8) is 0 Å². The monoisotopic (exact) mass is 472 g/mol. The van der Waals surface area contributed by atoms with E-state index in [2.05, 4.69) is 4.90 Å². The van der Waals surface area contributed by atoms with E-state index in [1.165, 1.54) is 12.1 Å². The van der Waals surface area contributed by atoms with Crippen molar-refractivity contribution in [2.75, 3.05) is 26.7 Å². The number of benzene rings is 1. The highest BCUT2D eigenvalue weighted by Crippen LogP contribution is 2.34.